The SMILES string of the molecule is CCOc1cc(CNc2cc(Cl)ccc2C)cc(Br)c1O. The normalized spacial score (nSPS) is 10.5. The molecule has 21 heavy (non-hydrogen) atoms. The molecule has 0 bridgehead atoms. The number of rotatable bonds is 5. The van der Waals surface area contributed by atoms with Crippen molar-refractivity contribution in [3.8, 4) is 11.5 Å². The predicted octanol–water partition coefficient (Wildman–Crippen LogP) is 5.13. The quantitative estimate of drug-likeness (QED) is 0.767. The van der Waals surface area contributed by atoms with Gasteiger partial charge in [-0.3, -0.25) is 0 Å². The highest BCUT2D eigenvalue weighted by Crippen LogP contribution is 2.35. The lowest BCUT2D eigenvalue weighted by molar-refractivity contribution is 0.317. The van der Waals surface area contributed by atoms with Gasteiger partial charge in [0, 0.05) is 17.3 Å². The third-order valence-electron chi connectivity index (χ3n) is 3.07. The Morgan fingerprint density at radius 1 is 1.29 bits per heavy atom. The van der Waals surface area contributed by atoms with E-state index in [0.29, 0.717) is 28.4 Å². The van der Waals surface area contributed by atoms with E-state index in [4.69, 9.17) is 16.3 Å². The Kier molecular flexibility index (Phi) is 5.37. The minimum absolute atomic E-state index is 0.125. The van der Waals surface area contributed by atoms with Crippen LogP contribution in [0.5, 0.6) is 11.5 Å². The van der Waals surface area contributed by atoms with Crippen molar-refractivity contribution in [1.82, 2.24) is 0 Å². The van der Waals surface area contributed by atoms with Crippen molar-refractivity contribution in [3.63, 3.8) is 0 Å². The first-order valence-corrected chi connectivity index (χ1v) is 7.82. The largest absolute Gasteiger partial charge is 0.503 e. The minimum Gasteiger partial charge on any atom is -0.503 e. The highest BCUT2D eigenvalue weighted by Gasteiger charge is 2.09. The Labute approximate surface area is 138 Å². The van der Waals surface area contributed by atoms with Gasteiger partial charge in [0.15, 0.2) is 11.5 Å². The third kappa shape index (κ3) is 4.05. The summed E-state index contributed by atoms with van der Waals surface area (Å²) in [4.78, 5) is 0. The molecule has 0 aliphatic carbocycles. The molecule has 2 aromatic carbocycles. The molecular formula is C16H17BrClNO2. The molecule has 2 aromatic rings. The van der Waals surface area contributed by atoms with Crippen LogP contribution in [-0.2, 0) is 6.54 Å². The summed E-state index contributed by atoms with van der Waals surface area (Å²) >= 11 is 9.35. The van der Waals surface area contributed by atoms with Crippen LogP contribution in [0.25, 0.3) is 0 Å². The molecule has 5 heteroatoms. The average Bonchev–Trinajstić information content (AvgIpc) is 2.45. The van der Waals surface area contributed by atoms with E-state index in [1.807, 2.05) is 44.2 Å². The molecule has 0 saturated carbocycles. The maximum absolute atomic E-state index is 9.91. The maximum atomic E-state index is 9.91. The zero-order valence-corrected chi connectivity index (χ0v) is 14.3. The zero-order valence-electron chi connectivity index (χ0n) is 11.9. The zero-order chi connectivity index (χ0) is 15.4. The molecule has 0 spiro atoms. The van der Waals surface area contributed by atoms with E-state index in [-0.39, 0.29) is 5.75 Å². The molecule has 2 rings (SSSR count). The van der Waals surface area contributed by atoms with Crippen molar-refractivity contribution in [2.75, 3.05) is 11.9 Å². The number of anilines is 1. The molecular weight excluding hydrogens is 354 g/mol. The second-order valence-corrected chi connectivity index (χ2v) is 5.96. The number of halogens is 2. The molecule has 2 N–H and O–H groups in total. The summed E-state index contributed by atoms with van der Waals surface area (Å²) in [6.45, 7) is 5.02. The molecule has 0 aliphatic rings. The lowest BCUT2D eigenvalue weighted by Gasteiger charge is -2.13. The molecule has 0 radical (unpaired) electrons. The average molecular weight is 371 g/mol. The van der Waals surface area contributed by atoms with Crippen molar-refractivity contribution in [1.29, 1.82) is 0 Å². The fourth-order valence-electron chi connectivity index (χ4n) is 1.98. The number of hydrogen-bond acceptors (Lipinski definition) is 3. The molecule has 3 nitrogen and oxygen atoms in total. The molecule has 0 aromatic heterocycles. The maximum Gasteiger partial charge on any atom is 0.172 e. The van der Waals surface area contributed by atoms with Gasteiger partial charge in [0.25, 0.3) is 0 Å². The van der Waals surface area contributed by atoms with E-state index in [1.165, 1.54) is 0 Å². The Morgan fingerprint density at radius 3 is 2.76 bits per heavy atom. The highest BCUT2D eigenvalue weighted by atomic mass is 79.9. The minimum atomic E-state index is 0.125. The van der Waals surface area contributed by atoms with Gasteiger partial charge in [0.2, 0.25) is 0 Å². The number of ether oxygens (including phenoxy) is 1. The van der Waals surface area contributed by atoms with E-state index in [2.05, 4.69) is 21.2 Å². The number of phenolic OH excluding ortho intramolecular Hbond substituents is 1. The topological polar surface area (TPSA) is 41.5 Å². The first-order chi connectivity index (χ1) is 10.0. The molecule has 0 fully saturated rings. The summed E-state index contributed by atoms with van der Waals surface area (Å²) in [7, 11) is 0. The molecule has 0 heterocycles. The number of hydrogen-bond donors (Lipinski definition) is 2. The second-order valence-electron chi connectivity index (χ2n) is 4.67. The van der Waals surface area contributed by atoms with Gasteiger partial charge in [-0.05, 0) is 65.2 Å². The van der Waals surface area contributed by atoms with Crippen molar-refractivity contribution >= 4 is 33.2 Å². The van der Waals surface area contributed by atoms with Crippen molar-refractivity contribution < 1.29 is 9.84 Å². The molecule has 112 valence electrons. The molecule has 0 saturated heterocycles. The van der Waals surface area contributed by atoms with Gasteiger partial charge < -0.3 is 15.2 Å². The van der Waals surface area contributed by atoms with Crippen LogP contribution >= 0.6 is 27.5 Å². The molecule has 0 amide bonds. The van der Waals surface area contributed by atoms with Crippen LogP contribution in [-0.4, -0.2) is 11.7 Å². The van der Waals surface area contributed by atoms with Crippen LogP contribution < -0.4 is 10.1 Å². The van der Waals surface area contributed by atoms with E-state index in [1.54, 1.807) is 0 Å². The smallest absolute Gasteiger partial charge is 0.172 e. The van der Waals surface area contributed by atoms with Crippen LogP contribution in [0.3, 0.4) is 0 Å². The Bertz CT molecular complexity index is 646. The lowest BCUT2D eigenvalue weighted by atomic mass is 10.1. The predicted molar refractivity (Wildman–Crippen MR) is 90.5 cm³/mol. The summed E-state index contributed by atoms with van der Waals surface area (Å²) in [5.74, 6) is 0.603. The fourth-order valence-corrected chi connectivity index (χ4v) is 2.64. The van der Waals surface area contributed by atoms with Gasteiger partial charge in [-0.15, -0.1) is 0 Å². The summed E-state index contributed by atoms with van der Waals surface area (Å²) in [5, 5.41) is 14.0. The van der Waals surface area contributed by atoms with Crippen molar-refractivity contribution in [2.45, 2.75) is 20.4 Å². The highest BCUT2D eigenvalue weighted by molar-refractivity contribution is 9.10. The summed E-state index contributed by atoms with van der Waals surface area (Å²) < 4.78 is 6.04. The Morgan fingerprint density at radius 2 is 2.05 bits per heavy atom. The lowest BCUT2D eigenvalue weighted by Crippen LogP contribution is -2.02. The molecule has 0 atom stereocenters. The number of benzene rings is 2. The van der Waals surface area contributed by atoms with E-state index in [0.717, 1.165) is 16.8 Å². The van der Waals surface area contributed by atoms with E-state index in [9.17, 15) is 5.11 Å². The second kappa shape index (κ2) is 7.05. The number of phenols is 1. The molecule has 0 unspecified atom stereocenters. The monoisotopic (exact) mass is 369 g/mol. The van der Waals surface area contributed by atoms with Crippen molar-refractivity contribution in [2.24, 2.45) is 0 Å². The summed E-state index contributed by atoms with van der Waals surface area (Å²) in [5.41, 5.74) is 3.12. The van der Waals surface area contributed by atoms with Crippen LogP contribution in [0.4, 0.5) is 5.69 Å². The fraction of sp³-hybridized carbons (Fsp3) is 0.250. The van der Waals surface area contributed by atoms with Gasteiger partial charge in [0.05, 0.1) is 11.1 Å². The van der Waals surface area contributed by atoms with Crippen LogP contribution in [0.1, 0.15) is 18.1 Å². The van der Waals surface area contributed by atoms with Gasteiger partial charge in [-0.25, -0.2) is 0 Å². The van der Waals surface area contributed by atoms with Gasteiger partial charge in [-0.1, -0.05) is 17.7 Å². The Hall–Kier alpha value is -1.39. The number of nitrogens with one attached hydrogen (secondary N) is 1. The number of aromatic hydroxyl groups is 1. The summed E-state index contributed by atoms with van der Waals surface area (Å²) in [6.07, 6.45) is 0. The Balaban J connectivity index is 2.18. The molecule has 0 aliphatic heterocycles. The number of aryl methyl sites for hydroxylation is 1. The van der Waals surface area contributed by atoms with Gasteiger partial charge >= 0.3 is 0 Å². The van der Waals surface area contributed by atoms with Gasteiger partial charge in [0.1, 0.15) is 0 Å². The van der Waals surface area contributed by atoms with E-state index >= 15 is 0 Å². The van der Waals surface area contributed by atoms with Gasteiger partial charge in [-0.2, -0.15) is 0 Å². The third-order valence-corrected chi connectivity index (χ3v) is 3.91. The first kappa shape index (κ1) is 16.0. The summed E-state index contributed by atoms with van der Waals surface area (Å²) in [6, 6.07) is 9.44. The van der Waals surface area contributed by atoms with Crippen molar-refractivity contribution in [3.05, 3.63) is 51.0 Å². The first-order valence-electron chi connectivity index (χ1n) is 6.65. The standard InChI is InChI=1S/C16H17BrClNO2/c1-3-21-15-7-11(6-13(17)16(15)20)9-19-14-8-12(18)5-4-10(14)2/h4-8,19-20H,3,9H2,1-2H3. The van der Waals surface area contributed by atoms with Crippen LogP contribution in [0.15, 0.2) is 34.8 Å². The van der Waals surface area contributed by atoms with Crippen LogP contribution in [0.2, 0.25) is 5.02 Å². The van der Waals surface area contributed by atoms with E-state index < -0.39 is 0 Å². The van der Waals surface area contributed by atoms with Crippen LogP contribution in [0, 0.1) is 6.92 Å².